The number of hydrogen-bond donors (Lipinski definition) is 1. The van der Waals surface area contributed by atoms with Crippen molar-refractivity contribution in [3.05, 3.63) is 100 Å². The fraction of sp³-hybridized carbons (Fsp3) is 0.185. The molecular formula is C27H22FN3O2. The highest BCUT2D eigenvalue weighted by molar-refractivity contribution is 6.11. The largest absolute Gasteiger partial charge is 0.497 e. The third-order valence-electron chi connectivity index (χ3n) is 6.68. The van der Waals surface area contributed by atoms with Gasteiger partial charge in [-0.1, -0.05) is 24.3 Å². The van der Waals surface area contributed by atoms with E-state index in [0.29, 0.717) is 11.4 Å². The molecule has 0 saturated carbocycles. The molecule has 1 unspecified atom stereocenters. The second-order valence-electron chi connectivity index (χ2n) is 8.53. The maximum absolute atomic E-state index is 13.7. The summed E-state index contributed by atoms with van der Waals surface area (Å²) in [5.74, 6) is 0.234. The molecule has 5 nitrogen and oxygen atoms in total. The van der Waals surface area contributed by atoms with Gasteiger partial charge in [-0.2, -0.15) is 5.10 Å². The van der Waals surface area contributed by atoms with Crippen molar-refractivity contribution in [1.29, 1.82) is 0 Å². The summed E-state index contributed by atoms with van der Waals surface area (Å²) < 4.78 is 19.0. The Kier molecular flexibility index (Phi) is 4.54. The number of aryl methyl sites for hydroxylation is 2. The molecule has 1 aliphatic carbocycles. The molecule has 0 bridgehead atoms. The van der Waals surface area contributed by atoms with Crippen LogP contribution >= 0.6 is 0 Å². The maximum atomic E-state index is 13.7. The number of aromatic amines is 1. The van der Waals surface area contributed by atoms with Gasteiger partial charge in [0.1, 0.15) is 17.3 Å². The number of hydrogen-bond acceptors (Lipinski definition) is 3. The smallest absolute Gasteiger partial charge is 0.277 e. The lowest BCUT2D eigenvalue weighted by molar-refractivity contribution is 0.0988. The lowest BCUT2D eigenvalue weighted by atomic mass is 9.94. The van der Waals surface area contributed by atoms with Crippen molar-refractivity contribution < 1.29 is 13.9 Å². The lowest BCUT2D eigenvalue weighted by Crippen LogP contribution is -2.29. The van der Waals surface area contributed by atoms with Crippen LogP contribution < -0.4 is 9.64 Å². The van der Waals surface area contributed by atoms with Gasteiger partial charge in [-0.15, -0.1) is 0 Å². The number of amides is 1. The van der Waals surface area contributed by atoms with Crippen LogP contribution in [0.3, 0.4) is 0 Å². The first-order chi connectivity index (χ1) is 16.1. The topological polar surface area (TPSA) is 58.2 Å². The zero-order valence-electron chi connectivity index (χ0n) is 18.1. The molecule has 164 valence electrons. The first-order valence-corrected chi connectivity index (χ1v) is 11.1. The molecule has 2 aliphatic rings. The second kappa shape index (κ2) is 7.59. The van der Waals surface area contributed by atoms with Crippen molar-refractivity contribution in [2.75, 3.05) is 12.0 Å². The molecule has 1 aliphatic heterocycles. The zero-order chi connectivity index (χ0) is 22.5. The lowest BCUT2D eigenvalue weighted by Gasteiger charge is -2.26. The van der Waals surface area contributed by atoms with Crippen LogP contribution in [-0.4, -0.2) is 23.2 Å². The fourth-order valence-corrected chi connectivity index (χ4v) is 5.06. The standard InChI is InChI=1S/C27H22FN3O2/c1-33-22-13-11-21(12-14-22)31-26(17-7-9-20(28)10-8-17)23-24(29-30-25(23)27(31)32)19-6-5-16-3-2-4-18(16)15-19/h5-15,26H,2-4H2,1H3,(H,29,30). The van der Waals surface area contributed by atoms with E-state index in [1.807, 2.05) is 24.3 Å². The molecule has 33 heavy (non-hydrogen) atoms. The van der Waals surface area contributed by atoms with Crippen molar-refractivity contribution in [2.45, 2.75) is 25.3 Å². The summed E-state index contributed by atoms with van der Waals surface area (Å²) in [6.07, 6.45) is 3.34. The van der Waals surface area contributed by atoms with Crippen molar-refractivity contribution in [1.82, 2.24) is 10.2 Å². The predicted molar refractivity (Wildman–Crippen MR) is 124 cm³/mol. The van der Waals surface area contributed by atoms with Crippen LogP contribution in [0.5, 0.6) is 5.75 Å². The number of methoxy groups -OCH3 is 1. The highest BCUT2D eigenvalue weighted by Crippen LogP contribution is 2.45. The summed E-state index contributed by atoms with van der Waals surface area (Å²) in [5.41, 5.74) is 7.33. The van der Waals surface area contributed by atoms with E-state index < -0.39 is 6.04 Å². The van der Waals surface area contributed by atoms with E-state index >= 15 is 0 Å². The number of benzene rings is 3. The number of nitrogens with zero attached hydrogens (tertiary/aromatic N) is 2. The molecule has 0 radical (unpaired) electrons. The van der Waals surface area contributed by atoms with E-state index in [4.69, 9.17) is 4.74 Å². The normalized spacial score (nSPS) is 16.7. The van der Waals surface area contributed by atoms with E-state index in [-0.39, 0.29) is 11.7 Å². The van der Waals surface area contributed by atoms with E-state index in [0.717, 1.165) is 40.9 Å². The highest BCUT2D eigenvalue weighted by Gasteiger charge is 2.43. The van der Waals surface area contributed by atoms with Crippen LogP contribution in [0.25, 0.3) is 11.3 Å². The third-order valence-corrected chi connectivity index (χ3v) is 6.68. The maximum Gasteiger partial charge on any atom is 0.277 e. The average molecular weight is 439 g/mol. The van der Waals surface area contributed by atoms with Gasteiger partial charge in [-0.05, 0) is 78.4 Å². The summed E-state index contributed by atoms with van der Waals surface area (Å²) in [5, 5.41) is 7.56. The van der Waals surface area contributed by atoms with Gasteiger partial charge in [0, 0.05) is 16.8 Å². The Morgan fingerprint density at radius 2 is 1.76 bits per heavy atom. The first kappa shape index (κ1) is 19.7. The number of H-pyrrole nitrogens is 1. The molecule has 3 aromatic carbocycles. The number of anilines is 1. The van der Waals surface area contributed by atoms with Crippen molar-refractivity contribution in [2.24, 2.45) is 0 Å². The molecular weight excluding hydrogens is 417 g/mol. The van der Waals surface area contributed by atoms with Crippen LogP contribution in [0.2, 0.25) is 0 Å². The summed E-state index contributed by atoms with van der Waals surface area (Å²) in [7, 11) is 1.61. The Balaban J connectivity index is 1.52. The SMILES string of the molecule is COc1ccc(N2C(=O)c3[nH]nc(-c4ccc5c(c4)CCC5)c3C2c2ccc(F)cc2)cc1. The number of carbonyl (C=O) groups excluding carboxylic acids is 1. The molecule has 0 spiro atoms. The minimum atomic E-state index is -0.427. The Labute approximate surface area is 190 Å². The number of ether oxygens (including phenoxy) is 1. The van der Waals surface area contributed by atoms with Gasteiger partial charge < -0.3 is 4.74 Å². The van der Waals surface area contributed by atoms with Crippen molar-refractivity contribution >= 4 is 11.6 Å². The van der Waals surface area contributed by atoms with Gasteiger partial charge in [-0.25, -0.2) is 4.39 Å². The quantitative estimate of drug-likeness (QED) is 0.459. The van der Waals surface area contributed by atoms with Gasteiger partial charge in [0.15, 0.2) is 0 Å². The zero-order valence-corrected chi connectivity index (χ0v) is 18.1. The minimum absolute atomic E-state index is 0.163. The summed E-state index contributed by atoms with van der Waals surface area (Å²) in [4.78, 5) is 15.3. The second-order valence-corrected chi connectivity index (χ2v) is 8.53. The van der Waals surface area contributed by atoms with Crippen LogP contribution in [0.15, 0.2) is 66.7 Å². The summed E-state index contributed by atoms with van der Waals surface area (Å²) >= 11 is 0. The first-order valence-electron chi connectivity index (χ1n) is 11.1. The number of carbonyl (C=O) groups is 1. The highest BCUT2D eigenvalue weighted by atomic mass is 19.1. The predicted octanol–water partition coefficient (Wildman–Crippen LogP) is 5.46. The molecule has 1 N–H and O–H groups in total. The van der Waals surface area contributed by atoms with Crippen molar-refractivity contribution in [3.63, 3.8) is 0 Å². The van der Waals surface area contributed by atoms with Crippen LogP contribution in [-0.2, 0) is 12.8 Å². The molecule has 0 saturated heterocycles. The van der Waals surface area contributed by atoms with E-state index in [1.54, 1.807) is 24.1 Å². The Morgan fingerprint density at radius 3 is 2.52 bits per heavy atom. The third kappa shape index (κ3) is 3.13. The molecule has 0 fully saturated rings. The number of aromatic nitrogens is 2. The number of fused-ring (bicyclic) bond motifs is 2. The fourth-order valence-electron chi connectivity index (χ4n) is 5.06. The van der Waals surface area contributed by atoms with Gasteiger partial charge in [0.05, 0.1) is 18.8 Å². The van der Waals surface area contributed by atoms with Crippen molar-refractivity contribution in [3.8, 4) is 17.0 Å². The van der Waals surface area contributed by atoms with Crippen LogP contribution in [0.1, 0.15) is 45.2 Å². The van der Waals surface area contributed by atoms with Crippen LogP contribution in [0, 0.1) is 5.82 Å². The number of halogens is 1. The van der Waals surface area contributed by atoms with E-state index in [1.165, 1.54) is 29.7 Å². The Hall–Kier alpha value is -3.93. The summed E-state index contributed by atoms with van der Waals surface area (Å²) in [6.45, 7) is 0. The van der Waals surface area contributed by atoms with E-state index in [2.05, 4.69) is 28.4 Å². The monoisotopic (exact) mass is 439 g/mol. The molecule has 4 aromatic rings. The Morgan fingerprint density at radius 1 is 1.00 bits per heavy atom. The van der Waals surface area contributed by atoms with E-state index in [9.17, 15) is 9.18 Å². The molecule has 6 heteroatoms. The minimum Gasteiger partial charge on any atom is -0.497 e. The summed E-state index contributed by atoms with van der Waals surface area (Å²) in [6, 6.07) is 19.7. The van der Waals surface area contributed by atoms with Gasteiger partial charge in [0.2, 0.25) is 0 Å². The number of nitrogens with one attached hydrogen (secondary N) is 1. The molecule has 6 rings (SSSR count). The molecule has 1 amide bonds. The molecule has 1 atom stereocenters. The van der Waals surface area contributed by atoms with Gasteiger partial charge in [-0.3, -0.25) is 14.8 Å². The van der Waals surface area contributed by atoms with Crippen LogP contribution in [0.4, 0.5) is 10.1 Å². The molecule has 2 heterocycles. The average Bonchev–Trinajstić information content (AvgIpc) is 3.55. The molecule has 1 aromatic heterocycles. The Bertz CT molecular complexity index is 1360. The van der Waals surface area contributed by atoms with Gasteiger partial charge in [0.25, 0.3) is 5.91 Å². The number of rotatable bonds is 4. The van der Waals surface area contributed by atoms with Gasteiger partial charge >= 0.3 is 0 Å².